The van der Waals surface area contributed by atoms with E-state index in [-0.39, 0.29) is 24.3 Å². The Morgan fingerprint density at radius 1 is 1.07 bits per heavy atom. The largest absolute Gasteiger partial charge is 0.396 e. The summed E-state index contributed by atoms with van der Waals surface area (Å²) in [5.74, 6) is -0.540. The molecule has 2 aliphatic rings. The number of imide groups is 1. The van der Waals surface area contributed by atoms with Gasteiger partial charge in [0.05, 0.1) is 11.3 Å². The summed E-state index contributed by atoms with van der Waals surface area (Å²) in [6.07, 6.45) is 1.78. The van der Waals surface area contributed by atoms with Gasteiger partial charge in [0.2, 0.25) is 0 Å². The molecule has 1 atom stereocenters. The Balaban J connectivity index is 1.83. The second-order valence-electron chi connectivity index (χ2n) is 8.10. The third-order valence-electron chi connectivity index (χ3n) is 5.88. The molecule has 1 N–H and O–H groups in total. The summed E-state index contributed by atoms with van der Waals surface area (Å²) in [5, 5.41) is 10.2. The van der Waals surface area contributed by atoms with Gasteiger partial charge in [-0.2, -0.15) is 0 Å². The van der Waals surface area contributed by atoms with Crippen molar-refractivity contribution in [3.05, 3.63) is 69.9 Å². The van der Waals surface area contributed by atoms with E-state index in [1.165, 1.54) is 4.90 Å². The molecule has 1 unspecified atom stereocenters. The third kappa shape index (κ3) is 3.64. The number of carbonyl (C=O) groups excluding carboxylic acids is 2. The van der Waals surface area contributed by atoms with Gasteiger partial charge >= 0.3 is 0 Å². The standard InChI is InChI=1S/C24H25ClN2O3/c1-15-5-10-20(16(2)12-15)27-23(29)21(18-6-8-19(25)9-7-18)22(24(27)30)26-11-3-4-17(13-26)14-28/h5-10,12,17,28H,3-4,11,13-14H2,1-2H3. The number of aryl methyl sites for hydroxylation is 2. The van der Waals surface area contributed by atoms with E-state index >= 15 is 0 Å². The number of nitrogens with zero attached hydrogens (tertiary/aromatic N) is 2. The Morgan fingerprint density at radius 3 is 2.47 bits per heavy atom. The van der Waals surface area contributed by atoms with E-state index in [1.54, 1.807) is 24.3 Å². The highest BCUT2D eigenvalue weighted by atomic mass is 35.5. The Kier molecular flexibility index (Phi) is 5.67. The topological polar surface area (TPSA) is 60.9 Å². The van der Waals surface area contributed by atoms with Gasteiger partial charge in [0.15, 0.2) is 0 Å². The van der Waals surface area contributed by atoms with Crippen molar-refractivity contribution in [1.29, 1.82) is 0 Å². The predicted molar refractivity (Wildman–Crippen MR) is 118 cm³/mol. The zero-order valence-corrected chi connectivity index (χ0v) is 17.9. The average molecular weight is 425 g/mol. The maximum Gasteiger partial charge on any atom is 0.282 e. The summed E-state index contributed by atoms with van der Waals surface area (Å²) in [4.78, 5) is 30.5. The van der Waals surface area contributed by atoms with Gasteiger partial charge in [-0.25, -0.2) is 4.90 Å². The van der Waals surface area contributed by atoms with Gasteiger partial charge in [-0.15, -0.1) is 0 Å². The lowest BCUT2D eigenvalue weighted by atomic mass is 9.97. The van der Waals surface area contributed by atoms with Crippen LogP contribution in [0, 0.1) is 19.8 Å². The molecule has 156 valence electrons. The molecular formula is C24H25ClN2O3. The van der Waals surface area contributed by atoms with Crippen LogP contribution in [0.4, 0.5) is 5.69 Å². The van der Waals surface area contributed by atoms with Crippen LogP contribution in [0.5, 0.6) is 0 Å². The van der Waals surface area contributed by atoms with Crippen molar-refractivity contribution in [1.82, 2.24) is 4.90 Å². The molecular weight excluding hydrogens is 400 g/mol. The molecule has 30 heavy (non-hydrogen) atoms. The lowest BCUT2D eigenvalue weighted by Gasteiger charge is -2.34. The van der Waals surface area contributed by atoms with E-state index < -0.39 is 0 Å². The Bertz CT molecular complexity index is 1030. The molecule has 0 aromatic heterocycles. The number of piperidine rings is 1. The van der Waals surface area contributed by atoms with Crippen LogP contribution in [0.25, 0.3) is 5.57 Å². The van der Waals surface area contributed by atoms with Crippen LogP contribution in [-0.4, -0.2) is 41.5 Å². The van der Waals surface area contributed by atoms with Crippen LogP contribution in [-0.2, 0) is 9.59 Å². The molecule has 2 aromatic rings. The maximum absolute atomic E-state index is 13.6. The van der Waals surface area contributed by atoms with Crippen LogP contribution in [0.1, 0.15) is 29.5 Å². The first-order valence-corrected chi connectivity index (χ1v) is 10.6. The zero-order chi connectivity index (χ0) is 21.4. The predicted octanol–water partition coefficient (Wildman–Crippen LogP) is 3.95. The summed E-state index contributed by atoms with van der Waals surface area (Å²) in [6.45, 7) is 5.20. The number of rotatable bonds is 4. The molecule has 2 heterocycles. The van der Waals surface area contributed by atoms with Crippen molar-refractivity contribution in [2.24, 2.45) is 5.92 Å². The molecule has 0 bridgehead atoms. The highest BCUT2D eigenvalue weighted by molar-refractivity contribution is 6.45. The number of anilines is 1. The molecule has 0 spiro atoms. The summed E-state index contributed by atoms with van der Waals surface area (Å²) in [5.41, 5.74) is 4.04. The number of likely N-dealkylation sites (tertiary alicyclic amines) is 1. The third-order valence-corrected chi connectivity index (χ3v) is 6.13. The van der Waals surface area contributed by atoms with E-state index in [9.17, 15) is 14.7 Å². The van der Waals surface area contributed by atoms with Gasteiger partial charge in [0.25, 0.3) is 11.8 Å². The molecule has 0 saturated carbocycles. The number of amides is 2. The first-order chi connectivity index (χ1) is 14.4. The summed E-state index contributed by atoms with van der Waals surface area (Å²) in [7, 11) is 0. The molecule has 1 fully saturated rings. The van der Waals surface area contributed by atoms with Crippen molar-refractivity contribution < 1.29 is 14.7 Å². The molecule has 0 radical (unpaired) electrons. The smallest absolute Gasteiger partial charge is 0.282 e. The highest BCUT2D eigenvalue weighted by Crippen LogP contribution is 2.37. The number of aliphatic hydroxyl groups is 1. The molecule has 6 heteroatoms. The molecule has 2 amide bonds. The minimum absolute atomic E-state index is 0.0724. The minimum Gasteiger partial charge on any atom is -0.396 e. The number of hydrogen-bond acceptors (Lipinski definition) is 4. The van der Waals surface area contributed by atoms with E-state index in [4.69, 9.17) is 11.6 Å². The molecule has 4 rings (SSSR count). The van der Waals surface area contributed by atoms with Gasteiger partial charge in [-0.3, -0.25) is 9.59 Å². The first-order valence-electron chi connectivity index (χ1n) is 10.2. The lowest BCUT2D eigenvalue weighted by molar-refractivity contribution is -0.120. The van der Waals surface area contributed by atoms with Crippen molar-refractivity contribution >= 4 is 34.7 Å². The van der Waals surface area contributed by atoms with Crippen LogP contribution >= 0.6 is 11.6 Å². The first kappa shape index (κ1) is 20.6. The van der Waals surface area contributed by atoms with E-state index in [1.807, 2.05) is 36.9 Å². The number of carbonyl (C=O) groups is 2. The number of aliphatic hydroxyl groups excluding tert-OH is 1. The van der Waals surface area contributed by atoms with Crippen LogP contribution in [0.2, 0.25) is 5.02 Å². The van der Waals surface area contributed by atoms with E-state index in [0.717, 1.165) is 24.0 Å². The summed E-state index contributed by atoms with van der Waals surface area (Å²) < 4.78 is 0. The molecule has 2 aliphatic heterocycles. The minimum atomic E-state index is -0.324. The van der Waals surface area contributed by atoms with Crippen LogP contribution in [0.15, 0.2) is 48.2 Å². The summed E-state index contributed by atoms with van der Waals surface area (Å²) in [6, 6.07) is 12.7. The van der Waals surface area contributed by atoms with Gasteiger partial charge in [0, 0.05) is 24.7 Å². The van der Waals surface area contributed by atoms with E-state index in [0.29, 0.717) is 40.6 Å². The van der Waals surface area contributed by atoms with Crippen molar-refractivity contribution in [2.45, 2.75) is 26.7 Å². The fourth-order valence-electron chi connectivity index (χ4n) is 4.38. The fourth-order valence-corrected chi connectivity index (χ4v) is 4.51. The van der Waals surface area contributed by atoms with Crippen LogP contribution < -0.4 is 4.90 Å². The van der Waals surface area contributed by atoms with Crippen molar-refractivity contribution in [3.63, 3.8) is 0 Å². The molecule has 2 aromatic carbocycles. The fraction of sp³-hybridized carbons (Fsp3) is 0.333. The Labute approximate surface area is 181 Å². The second kappa shape index (κ2) is 8.25. The quantitative estimate of drug-likeness (QED) is 0.755. The normalized spacial score (nSPS) is 19.8. The second-order valence-corrected chi connectivity index (χ2v) is 8.54. The number of benzene rings is 2. The van der Waals surface area contributed by atoms with E-state index in [2.05, 4.69) is 0 Å². The molecule has 5 nitrogen and oxygen atoms in total. The lowest BCUT2D eigenvalue weighted by Crippen LogP contribution is -2.40. The SMILES string of the molecule is Cc1ccc(N2C(=O)C(c3ccc(Cl)cc3)=C(N3CCCC(CO)C3)C2=O)c(C)c1. The number of hydrogen-bond donors (Lipinski definition) is 1. The Hall–Kier alpha value is -2.63. The highest BCUT2D eigenvalue weighted by Gasteiger charge is 2.43. The van der Waals surface area contributed by atoms with Gasteiger partial charge in [-0.05, 0) is 61.9 Å². The van der Waals surface area contributed by atoms with Gasteiger partial charge in [0.1, 0.15) is 5.70 Å². The zero-order valence-electron chi connectivity index (χ0n) is 17.2. The Morgan fingerprint density at radius 2 is 1.80 bits per heavy atom. The average Bonchev–Trinajstić information content (AvgIpc) is 2.99. The molecule has 1 saturated heterocycles. The molecule has 0 aliphatic carbocycles. The number of halogens is 1. The summed E-state index contributed by atoms with van der Waals surface area (Å²) >= 11 is 6.05. The van der Waals surface area contributed by atoms with Crippen LogP contribution in [0.3, 0.4) is 0 Å². The van der Waals surface area contributed by atoms with Gasteiger partial charge < -0.3 is 10.0 Å². The van der Waals surface area contributed by atoms with Crippen molar-refractivity contribution in [2.75, 3.05) is 24.6 Å². The monoisotopic (exact) mass is 424 g/mol. The maximum atomic E-state index is 13.6. The van der Waals surface area contributed by atoms with Gasteiger partial charge in [-0.1, -0.05) is 41.4 Å². The van der Waals surface area contributed by atoms with Crippen molar-refractivity contribution in [3.8, 4) is 0 Å².